The third-order valence-corrected chi connectivity index (χ3v) is 14.7. The zero-order valence-electron chi connectivity index (χ0n) is 47.5. The van der Waals surface area contributed by atoms with Crippen molar-refractivity contribution in [2.75, 3.05) is 19.8 Å². The maximum atomic E-state index is 13.3. The normalized spacial score (nSPS) is 25.3. The first kappa shape index (κ1) is 69.8. The Balaban J connectivity index is 1.76. The average Bonchev–Trinajstić information content (AvgIpc) is 3.42. The molecule has 0 aromatic heterocycles. The van der Waals surface area contributed by atoms with Gasteiger partial charge in [-0.2, -0.15) is 0 Å². The van der Waals surface area contributed by atoms with Crippen LogP contribution in [0.2, 0.25) is 0 Å². The SMILES string of the molecule is CC/C=C\C/C=C\C/C=C\C/C=C\C/C=C\CCCCCC(=O)NC(COC1OC(CO)C(OC2OC(CO)C(O)C(O)C2O)C(O)C1O)C(O)CCCCCCCCCCCCCCCCCCCCCCCCC. The van der Waals surface area contributed by atoms with E-state index in [9.17, 15) is 45.6 Å². The zero-order chi connectivity index (χ0) is 55.3. The second-order valence-electron chi connectivity index (χ2n) is 21.5. The van der Waals surface area contributed by atoms with Gasteiger partial charge in [0.2, 0.25) is 5.91 Å². The third-order valence-electron chi connectivity index (χ3n) is 14.7. The van der Waals surface area contributed by atoms with Gasteiger partial charge in [0, 0.05) is 6.42 Å². The molecule has 0 spiro atoms. The molecule has 0 aliphatic carbocycles. The Morgan fingerprint density at radius 2 is 0.908 bits per heavy atom. The number of rotatable bonds is 48. The smallest absolute Gasteiger partial charge is 0.220 e. The number of amides is 1. The summed E-state index contributed by atoms with van der Waals surface area (Å²) in [4.78, 5) is 13.3. The summed E-state index contributed by atoms with van der Waals surface area (Å²) in [5.74, 6) is -0.238. The number of carbonyl (C=O) groups excluding carboxylic acids is 1. The predicted octanol–water partition coefficient (Wildman–Crippen LogP) is 10.6. The molecule has 2 saturated heterocycles. The number of hydrogen-bond donors (Lipinski definition) is 9. The minimum Gasteiger partial charge on any atom is -0.394 e. The van der Waals surface area contributed by atoms with Crippen molar-refractivity contribution in [2.45, 2.75) is 306 Å². The Bertz CT molecular complexity index is 1510. The molecule has 2 heterocycles. The van der Waals surface area contributed by atoms with Gasteiger partial charge in [0.15, 0.2) is 12.6 Å². The summed E-state index contributed by atoms with van der Waals surface area (Å²) in [5.41, 5.74) is 0. The lowest BCUT2D eigenvalue weighted by Crippen LogP contribution is -2.65. The highest BCUT2D eigenvalue weighted by Crippen LogP contribution is 2.30. The topological polar surface area (TPSA) is 228 Å². The van der Waals surface area contributed by atoms with Crippen LogP contribution in [0.3, 0.4) is 0 Å². The van der Waals surface area contributed by atoms with Crippen molar-refractivity contribution in [3.8, 4) is 0 Å². The largest absolute Gasteiger partial charge is 0.394 e. The van der Waals surface area contributed by atoms with Gasteiger partial charge in [-0.1, -0.05) is 229 Å². The van der Waals surface area contributed by atoms with E-state index in [4.69, 9.17) is 18.9 Å². The van der Waals surface area contributed by atoms with Gasteiger partial charge in [-0.25, -0.2) is 0 Å². The summed E-state index contributed by atoms with van der Waals surface area (Å²) in [5, 5.41) is 87.3. The van der Waals surface area contributed by atoms with Crippen LogP contribution in [0, 0.1) is 0 Å². The van der Waals surface area contributed by atoms with E-state index in [1.807, 2.05) is 0 Å². The highest BCUT2D eigenvalue weighted by molar-refractivity contribution is 5.76. The van der Waals surface area contributed by atoms with Crippen molar-refractivity contribution < 1.29 is 64.6 Å². The van der Waals surface area contributed by atoms with E-state index >= 15 is 0 Å². The first-order chi connectivity index (χ1) is 37.1. The van der Waals surface area contributed by atoms with Crippen LogP contribution in [0.4, 0.5) is 0 Å². The van der Waals surface area contributed by atoms with Crippen molar-refractivity contribution >= 4 is 5.91 Å². The van der Waals surface area contributed by atoms with Crippen LogP contribution in [-0.4, -0.2) is 140 Å². The summed E-state index contributed by atoms with van der Waals surface area (Å²) >= 11 is 0. The van der Waals surface area contributed by atoms with Crippen LogP contribution in [0.1, 0.15) is 232 Å². The maximum absolute atomic E-state index is 13.3. The minimum atomic E-state index is -1.79. The van der Waals surface area contributed by atoms with E-state index in [1.165, 1.54) is 122 Å². The molecule has 0 radical (unpaired) electrons. The fourth-order valence-corrected chi connectivity index (χ4v) is 9.85. The van der Waals surface area contributed by atoms with Gasteiger partial charge in [0.25, 0.3) is 0 Å². The fourth-order valence-electron chi connectivity index (χ4n) is 9.85. The molecule has 2 rings (SSSR count). The van der Waals surface area contributed by atoms with Crippen LogP contribution in [0.15, 0.2) is 60.8 Å². The average molecular weight is 1080 g/mol. The van der Waals surface area contributed by atoms with Crippen LogP contribution in [0.25, 0.3) is 0 Å². The second kappa shape index (κ2) is 47.5. The van der Waals surface area contributed by atoms with Gasteiger partial charge in [0.1, 0.15) is 48.8 Å². The number of aliphatic hydroxyl groups excluding tert-OH is 8. The van der Waals surface area contributed by atoms with Crippen molar-refractivity contribution in [3.05, 3.63) is 60.8 Å². The third kappa shape index (κ3) is 32.7. The molecule has 0 saturated carbocycles. The van der Waals surface area contributed by atoms with Crippen molar-refractivity contribution in [2.24, 2.45) is 0 Å². The lowest BCUT2D eigenvalue weighted by molar-refractivity contribution is -0.359. The van der Waals surface area contributed by atoms with Crippen LogP contribution in [0.5, 0.6) is 0 Å². The van der Waals surface area contributed by atoms with E-state index in [2.05, 4.69) is 79.9 Å². The van der Waals surface area contributed by atoms with E-state index in [0.29, 0.717) is 12.8 Å². The van der Waals surface area contributed by atoms with Crippen LogP contribution < -0.4 is 5.32 Å². The number of unbranched alkanes of at least 4 members (excludes halogenated alkanes) is 25. The molecule has 442 valence electrons. The molecule has 0 bridgehead atoms. The highest BCUT2D eigenvalue weighted by Gasteiger charge is 2.51. The Kier molecular flexibility index (Phi) is 43.6. The molecule has 9 N–H and O–H groups in total. The molecule has 2 aliphatic rings. The number of hydrogen-bond acceptors (Lipinski definition) is 13. The zero-order valence-corrected chi connectivity index (χ0v) is 47.5. The van der Waals surface area contributed by atoms with Gasteiger partial charge >= 0.3 is 0 Å². The quantitative estimate of drug-likeness (QED) is 0.0204. The Morgan fingerprint density at radius 3 is 1.38 bits per heavy atom. The number of ether oxygens (including phenoxy) is 4. The lowest BCUT2D eigenvalue weighted by Gasteiger charge is -2.46. The lowest BCUT2D eigenvalue weighted by atomic mass is 9.97. The Morgan fingerprint density at radius 1 is 0.487 bits per heavy atom. The van der Waals surface area contributed by atoms with E-state index in [0.717, 1.165) is 77.0 Å². The van der Waals surface area contributed by atoms with Crippen molar-refractivity contribution in [3.63, 3.8) is 0 Å². The number of nitrogens with one attached hydrogen (secondary N) is 1. The Labute approximate surface area is 460 Å². The van der Waals surface area contributed by atoms with Crippen molar-refractivity contribution in [1.29, 1.82) is 0 Å². The molecule has 14 nitrogen and oxygen atoms in total. The van der Waals surface area contributed by atoms with E-state index in [-0.39, 0.29) is 18.9 Å². The molecule has 2 fully saturated rings. The molecule has 0 aromatic carbocycles. The molecule has 0 aromatic rings. The molecule has 12 atom stereocenters. The van der Waals surface area contributed by atoms with Gasteiger partial charge in [-0.3, -0.25) is 4.79 Å². The second-order valence-corrected chi connectivity index (χ2v) is 21.5. The molecular weight excluding hydrogens is 967 g/mol. The van der Waals surface area contributed by atoms with E-state index < -0.39 is 86.8 Å². The first-order valence-electron chi connectivity index (χ1n) is 30.5. The molecule has 76 heavy (non-hydrogen) atoms. The number of aliphatic hydroxyl groups is 8. The van der Waals surface area contributed by atoms with Gasteiger partial charge < -0.3 is 65.1 Å². The monoisotopic (exact) mass is 1080 g/mol. The minimum absolute atomic E-state index is 0.238. The summed E-state index contributed by atoms with van der Waals surface area (Å²) in [7, 11) is 0. The van der Waals surface area contributed by atoms with Gasteiger partial charge in [-0.15, -0.1) is 0 Å². The summed E-state index contributed by atoms with van der Waals surface area (Å²) in [6.45, 7) is 2.74. The van der Waals surface area contributed by atoms with Crippen LogP contribution in [-0.2, 0) is 23.7 Å². The molecular formula is C62H111NO13. The maximum Gasteiger partial charge on any atom is 0.220 e. The summed E-state index contributed by atoms with van der Waals surface area (Å²) in [6, 6.07) is -0.850. The van der Waals surface area contributed by atoms with Crippen LogP contribution >= 0.6 is 0 Å². The number of carbonyl (C=O) groups is 1. The molecule has 14 heteroatoms. The van der Waals surface area contributed by atoms with Crippen molar-refractivity contribution in [1.82, 2.24) is 5.32 Å². The van der Waals surface area contributed by atoms with E-state index in [1.54, 1.807) is 0 Å². The fraction of sp³-hybridized carbons (Fsp3) is 0.823. The Hall–Kier alpha value is -2.31. The highest BCUT2D eigenvalue weighted by atomic mass is 16.7. The molecule has 12 unspecified atom stereocenters. The van der Waals surface area contributed by atoms with Gasteiger partial charge in [-0.05, 0) is 57.8 Å². The summed E-state index contributed by atoms with van der Waals surface area (Å²) in [6.07, 6.45) is 43.6. The predicted molar refractivity (Wildman–Crippen MR) is 304 cm³/mol. The number of allylic oxidation sites excluding steroid dienone is 10. The summed E-state index contributed by atoms with van der Waals surface area (Å²) < 4.78 is 22.8. The first-order valence-corrected chi connectivity index (χ1v) is 30.5. The standard InChI is InChI=1S/C62H111NO13/c1-3-5-7-9-11-13-15-17-19-21-23-24-25-26-28-29-31-33-35-37-39-41-43-45-51(66)50(63-54(67)46-44-42-40-38-36-34-32-30-27-22-20-18-16-14-12-10-8-6-4-2)49-73-61-59(72)57(70)60(53(48-65)75-61)76-62-58(71)56(69)55(68)52(47-64)74-62/h6,8,12,14,18,20,27,30,34,36,50-53,55-62,64-66,68-72H,3-5,7,9-11,13,15-17,19,21-26,28-29,31-33,35,37-49H2,1-2H3,(H,63,67)/b8-6-,14-12-,20-18-,30-27-,36-34-. The molecule has 1 amide bonds. The van der Waals surface area contributed by atoms with Gasteiger partial charge in [0.05, 0.1) is 32.0 Å². The molecule has 2 aliphatic heterocycles.